The van der Waals surface area contributed by atoms with E-state index in [1.165, 1.54) is 10.9 Å². The van der Waals surface area contributed by atoms with Gasteiger partial charge < -0.3 is 10.1 Å². The van der Waals surface area contributed by atoms with Gasteiger partial charge in [0.05, 0.1) is 11.2 Å². The highest BCUT2D eigenvalue weighted by atomic mass is 16.4. The molecule has 0 saturated heterocycles. The number of para-hydroxylation sites is 2. The van der Waals surface area contributed by atoms with E-state index in [0.717, 1.165) is 34.2 Å². The number of carboxylic acids is 1. The lowest BCUT2D eigenvalue weighted by Crippen LogP contribution is -2.09. The van der Waals surface area contributed by atoms with E-state index in [4.69, 9.17) is 5.11 Å². The van der Waals surface area contributed by atoms with Gasteiger partial charge in [0.25, 0.3) is 0 Å². The van der Waals surface area contributed by atoms with Gasteiger partial charge in [-0.3, -0.25) is 9.48 Å². The molecule has 4 rings (SSSR count). The van der Waals surface area contributed by atoms with Gasteiger partial charge in [-0.15, -0.1) is 0 Å². The van der Waals surface area contributed by atoms with Crippen LogP contribution in [0.5, 0.6) is 0 Å². The summed E-state index contributed by atoms with van der Waals surface area (Å²) >= 11 is 0. The number of carboxylic acid groups (broad SMARTS) is 1. The molecule has 2 heterocycles. The lowest BCUT2D eigenvalue weighted by atomic mass is 10.0. The largest absolute Gasteiger partial charge is 0.480 e. The van der Waals surface area contributed by atoms with Gasteiger partial charge in [0.15, 0.2) is 0 Å². The lowest BCUT2D eigenvalue weighted by Gasteiger charge is -1.99. The van der Waals surface area contributed by atoms with Gasteiger partial charge in [-0.1, -0.05) is 43.3 Å². The highest BCUT2D eigenvalue weighted by molar-refractivity contribution is 5.98. The Kier molecular flexibility index (Phi) is 3.34. The van der Waals surface area contributed by atoms with Crippen LogP contribution in [-0.2, 0) is 17.8 Å². The zero-order valence-electron chi connectivity index (χ0n) is 13.3. The zero-order chi connectivity index (χ0) is 16.7. The van der Waals surface area contributed by atoms with E-state index in [0.29, 0.717) is 0 Å². The van der Waals surface area contributed by atoms with Crippen molar-refractivity contribution in [3.8, 4) is 11.4 Å². The summed E-state index contributed by atoms with van der Waals surface area (Å²) in [5.74, 6) is -0.901. The van der Waals surface area contributed by atoms with Crippen molar-refractivity contribution < 1.29 is 9.90 Å². The van der Waals surface area contributed by atoms with E-state index in [-0.39, 0.29) is 6.54 Å². The minimum atomic E-state index is -0.901. The van der Waals surface area contributed by atoms with Crippen LogP contribution < -0.4 is 0 Å². The highest BCUT2D eigenvalue weighted by Crippen LogP contribution is 2.34. The molecule has 0 aliphatic carbocycles. The Morgan fingerprint density at radius 2 is 1.83 bits per heavy atom. The molecule has 5 heteroatoms. The fourth-order valence-corrected chi connectivity index (χ4v) is 3.33. The molecule has 0 fully saturated rings. The predicted molar refractivity (Wildman–Crippen MR) is 94.0 cm³/mol. The molecule has 0 bridgehead atoms. The number of aromatic nitrogens is 3. The Labute approximate surface area is 138 Å². The third kappa shape index (κ3) is 2.17. The molecule has 2 aromatic carbocycles. The average molecular weight is 319 g/mol. The molecule has 24 heavy (non-hydrogen) atoms. The molecule has 0 amide bonds. The van der Waals surface area contributed by atoms with Gasteiger partial charge in [0, 0.05) is 16.3 Å². The highest BCUT2D eigenvalue weighted by Gasteiger charge is 2.19. The number of benzene rings is 2. The number of H-pyrrole nitrogens is 1. The second-order valence-corrected chi connectivity index (χ2v) is 5.79. The van der Waals surface area contributed by atoms with Crippen molar-refractivity contribution in [3.05, 3.63) is 54.1 Å². The predicted octanol–water partition coefficient (Wildman–Crippen LogP) is 3.83. The molecular formula is C19H17N3O2. The topological polar surface area (TPSA) is 70.9 Å². The van der Waals surface area contributed by atoms with E-state index in [2.05, 4.69) is 29.1 Å². The Morgan fingerprint density at radius 3 is 2.58 bits per heavy atom. The number of carbonyl (C=O) groups is 1. The number of aliphatic carboxylic acids is 1. The van der Waals surface area contributed by atoms with Gasteiger partial charge in [-0.25, -0.2) is 0 Å². The van der Waals surface area contributed by atoms with Crippen molar-refractivity contribution in [2.75, 3.05) is 0 Å². The van der Waals surface area contributed by atoms with Crippen LogP contribution >= 0.6 is 0 Å². The van der Waals surface area contributed by atoms with Crippen LogP contribution in [0.1, 0.15) is 12.5 Å². The maximum Gasteiger partial charge on any atom is 0.325 e. The Balaban J connectivity index is 2.02. The SMILES string of the molecule is CCc1c(-c2nn(CC(=O)O)c3ccccc23)[nH]c2ccccc12. The summed E-state index contributed by atoms with van der Waals surface area (Å²) in [7, 11) is 0. The van der Waals surface area contributed by atoms with Crippen molar-refractivity contribution in [3.63, 3.8) is 0 Å². The van der Waals surface area contributed by atoms with Gasteiger partial charge >= 0.3 is 5.97 Å². The third-order valence-electron chi connectivity index (χ3n) is 4.35. The molecule has 2 N–H and O–H groups in total. The molecule has 2 aromatic heterocycles. The summed E-state index contributed by atoms with van der Waals surface area (Å²) in [6.45, 7) is 1.97. The monoisotopic (exact) mass is 319 g/mol. The first kappa shape index (κ1) is 14.5. The fraction of sp³-hybridized carbons (Fsp3) is 0.158. The van der Waals surface area contributed by atoms with Crippen LogP contribution in [0.25, 0.3) is 33.2 Å². The standard InChI is InChI=1S/C19H17N3O2/c1-2-12-13-7-3-5-9-15(13)20-18(12)19-14-8-4-6-10-16(14)22(21-19)11-17(23)24/h3-10,20H,2,11H2,1H3,(H,23,24). The summed E-state index contributed by atoms with van der Waals surface area (Å²) in [5.41, 5.74) is 4.88. The quantitative estimate of drug-likeness (QED) is 0.600. The molecule has 0 unspecified atom stereocenters. The van der Waals surface area contributed by atoms with Crippen LogP contribution in [-0.4, -0.2) is 25.8 Å². The summed E-state index contributed by atoms with van der Waals surface area (Å²) in [4.78, 5) is 14.6. The van der Waals surface area contributed by atoms with Crippen LogP contribution in [0.3, 0.4) is 0 Å². The van der Waals surface area contributed by atoms with Crippen molar-refractivity contribution in [2.24, 2.45) is 0 Å². The zero-order valence-corrected chi connectivity index (χ0v) is 13.3. The first-order chi connectivity index (χ1) is 11.7. The Morgan fingerprint density at radius 1 is 1.12 bits per heavy atom. The molecule has 0 aliphatic heterocycles. The van der Waals surface area contributed by atoms with E-state index >= 15 is 0 Å². The first-order valence-electron chi connectivity index (χ1n) is 7.96. The second-order valence-electron chi connectivity index (χ2n) is 5.79. The number of rotatable bonds is 4. The third-order valence-corrected chi connectivity index (χ3v) is 4.35. The molecule has 0 saturated carbocycles. The summed E-state index contributed by atoms with van der Waals surface area (Å²) in [6, 6.07) is 15.9. The van der Waals surface area contributed by atoms with Crippen LogP contribution in [0.15, 0.2) is 48.5 Å². The van der Waals surface area contributed by atoms with Gasteiger partial charge in [0.1, 0.15) is 12.2 Å². The molecule has 0 atom stereocenters. The van der Waals surface area contributed by atoms with Crippen LogP contribution in [0.4, 0.5) is 0 Å². The molecule has 120 valence electrons. The summed E-state index contributed by atoms with van der Waals surface area (Å²) < 4.78 is 1.55. The first-order valence-corrected chi connectivity index (χ1v) is 7.96. The second kappa shape index (κ2) is 5.53. The fourth-order valence-electron chi connectivity index (χ4n) is 3.33. The number of hydrogen-bond acceptors (Lipinski definition) is 2. The number of aromatic amines is 1. The van der Waals surface area contributed by atoms with E-state index in [1.807, 2.05) is 36.4 Å². The Bertz CT molecular complexity index is 1060. The molecule has 0 spiro atoms. The van der Waals surface area contributed by atoms with Crippen LogP contribution in [0.2, 0.25) is 0 Å². The minimum Gasteiger partial charge on any atom is -0.480 e. The molecule has 5 nitrogen and oxygen atoms in total. The van der Waals surface area contributed by atoms with Crippen LogP contribution in [0, 0.1) is 0 Å². The summed E-state index contributed by atoms with van der Waals surface area (Å²) in [5, 5.41) is 15.9. The normalized spacial score (nSPS) is 11.4. The lowest BCUT2D eigenvalue weighted by molar-refractivity contribution is -0.137. The molecule has 0 aliphatic rings. The van der Waals surface area contributed by atoms with E-state index in [9.17, 15) is 4.79 Å². The maximum atomic E-state index is 11.2. The number of fused-ring (bicyclic) bond motifs is 2. The van der Waals surface area contributed by atoms with Crippen molar-refractivity contribution >= 4 is 27.8 Å². The smallest absolute Gasteiger partial charge is 0.325 e. The van der Waals surface area contributed by atoms with Gasteiger partial charge in [0.2, 0.25) is 0 Å². The van der Waals surface area contributed by atoms with Crippen molar-refractivity contribution in [2.45, 2.75) is 19.9 Å². The molecule has 4 aromatic rings. The number of hydrogen-bond donors (Lipinski definition) is 2. The Hall–Kier alpha value is -3.08. The minimum absolute atomic E-state index is 0.151. The maximum absolute atomic E-state index is 11.2. The van der Waals surface area contributed by atoms with Gasteiger partial charge in [-0.05, 0) is 24.1 Å². The van der Waals surface area contributed by atoms with E-state index < -0.39 is 5.97 Å². The molecular weight excluding hydrogens is 302 g/mol. The van der Waals surface area contributed by atoms with Gasteiger partial charge in [-0.2, -0.15) is 5.10 Å². The van der Waals surface area contributed by atoms with Crippen molar-refractivity contribution in [1.29, 1.82) is 0 Å². The average Bonchev–Trinajstić information content (AvgIpc) is 3.12. The number of aryl methyl sites for hydroxylation is 1. The number of nitrogens with one attached hydrogen (secondary N) is 1. The molecule has 0 radical (unpaired) electrons. The number of nitrogens with zero attached hydrogens (tertiary/aromatic N) is 2. The van der Waals surface area contributed by atoms with Crippen molar-refractivity contribution in [1.82, 2.24) is 14.8 Å². The summed E-state index contributed by atoms with van der Waals surface area (Å²) in [6.07, 6.45) is 0.874. The van der Waals surface area contributed by atoms with E-state index in [1.54, 1.807) is 4.68 Å².